The van der Waals surface area contributed by atoms with Crippen molar-refractivity contribution in [1.29, 1.82) is 0 Å². The molecule has 1 aliphatic heterocycles. The molecule has 0 aromatic carbocycles. The third kappa shape index (κ3) is 4.37. The Kier molecular flexibility index (Phi) is 4.69. The first kappa shape index (κ1) is 14.6. The second-order valence-electron chi connectivity index (χ2n) is 5.10. The molecule has 0 saturated carbocycles. The van der Waals surface area contributed by atoms with Crippen molar-refractivity contribution in [3.8, 4) is 0 Å². The molecule has 0 unspecified atom stereocenters. The van der Waals surface area contributed by atoms with Crippen LogP contribution in [0.3, 0.4) is 0 Å². The van der Waals surface area contributed by atoms with Crippen LogP contribution in [0.2, 0.25) is 0 Å². The number of nitrogens with zero attached hydrogens (tertiary/aromatic N) is 1. The molecule has 0 spiro atoms. The van der Waals surface area contributed by atoms with Gasteiger partial charge in [-0.15, -0.1) is 0 Å². The minimum Gasteiger partial charge on any atom is -0.314 e. The van der Waals surface area contributed by atoms with Crippen LogP contribution in [0.25, 0.3) is 0 Å². The lowest BCUT2D eigenvalue weighted by molar-refractivity contribution is -0.129. The number of hydrogen-bond acceptors (Lipinski definition) is 5. The molecule has 1 fully saturated rings. The molecular weight excluding hydrogens is 240 g/mol. The molecule has 0 aromatic rings. The molecule has 0 atom stereocenters. The van der Waals surface area contributed by atoms with E-state index in [4.69, 9.17) is 0 Å². The Labute approximate surface area is 103 Å². The molecule has 0 bridgehead atoms. The first-order valence-corrected chi connectivity index (χ1v) is 7.96. The van der Waals surface area contributed by atoms with Crippen LogP contribution < -0.4 is 5.32 Å². The molecule has 1 N–H and O–H groups in total. The van der Waals surface area contributed by atoms with Crippen LogP contribution in [0.5, 0.6) is 0 Å². The van der Waals surface area contributed by atoms with Gasteiger partial charge in [0.15, 0.2) is 5.78 Å². The Balaban J connectivity index is 2.59. The van der Waals surface area contributed by atoms with Crippen LogP contribution in [0.4, 0.5) is 0 Å². The number of nitrogens with one attached hydrogen (secondary N) is 1. The molecule has 1 heterocycles. The van der Waals surface area contributed by atoms with Gasteiger partial charge in [-0.2, -0.15) is 0 Å². The standard InChI is InChI=1S/C11H22N2O3S/c1-11(2,13-7-5-12-6-8-13)10(14)4-9-17(3,15)16/h12H,4-9H2,1-3H3. The predicted molar refractivity (Wildman–Crippen MR) is 67.9 cm³/mol. The van der Waals surface area contributed by atoms with Crippen molar-refractivity contribution in [2.45, 2.75) is 25.8 Å². The Morgan fingerprint density at radius 3 is 2.29 bits per heavy atom. The molecule has 17 heavy (non-hydrogen) atoms. The van der Waals surface area contributed by atoms with E-state index in [-0.39, 0.29) is 18.0 Å². The predicted octanol–water partition coefficient (Wildman–Crippen LogP) is -0.326. The van der Waals surface area contributed by atoms with Crippen LogP contribution in [-0.4, -0.2) is 62.8 Å². The third-order valence-electron chi connectivity index (χ3n) is 3.29. The molecule has 1 aliphatic rings. The molecule has 1 saturated heterocycles. The highest BCUT2D eigenvalue weighted by Gasteiger charge is 2.34. The van der Waals surface area contributed by atoms with Crippen LogP contribution in [0.1, 0.15) is 20.3 Å². The first-order valence-electron chi connectivity index (χ1n) is 5.90. The molecule has 1 rings (SSSR count). The van der Waals surface area contributed by atoms with E-state index in [1.165, 1.54) is 0 Å². The van der Waals surface area contributed by atoms with Crippen molar-refractivity contribution in [2.75, 3.05) is 38.2 Å². The molecule has 5 nitrogen and oxygen atoms in total. The maximum atomic E-state index is 12.1. The molecule has 0 radical (unpaired) electrons. The summed E-state index contributed by atoms with van der Waals surface area (Å²) in [6.07, 6.45) is 1.27. The Morgan fingerprint density at radius 1 is 1.29 bits per heavy atom. The summed E-state index contributed by atoms with van der Waals surface area (Å²) in [5.41, 5.74) is -0.563. The lowest BCUT2D eigenvalue weighted by Crippen LogP contribution is -2.57. The normalized spacial score (nSPS) is 19.2. The maximum absolute atomic E-state index is 12.1. The number of ketones is 1. The highest BCUT2D eigenvalue weighted by molar-refractivity contribution is 7.90. The van der Waals surface area contributed by atoms with Crippen molar-refractivity contribution >= 4 is 15.6 Å². The van der Waals surface area contributed by atoms with E-state index in [9.17, 15) is 13.2 Å². The summed E-state index contributed by atoms with van der Waals surface area (Å²) in [5.74, 6) is -0.0497. The summed E-state index contributed by atoms with van der Waals surface area (Å²) < 4.78 is 22.1. The number of hydrogen-bond donors (Lipinski definition) is 1. The number of rotatable bonds is 5. The summed E-state index contributed by atoms with van der Waals surface area (Å²) in [7, 11) is -3.06. The van der Waals surface area contributed by atoms with Crippen LogP contribution >= 0.6 is 0 Å². The molecule has 100 valence electrons. The Bertz CT molecular complexity index is 370. The average molecular weight is 262 g/mol. The van der Waals surface area contributed by atoms with Crippen molar-refractivity contribution in [3.63, 3.8) is 0 Å². The fraction of sp³-hybridized carbons (Fsp3) is 0.909. The first-order chi connectivity index (χ1) is 7.73. The van der Waals surface area contributed by atoms with Gasteiger partial charge in [0.2, 0.25) is 0 Å². The van der Waals surface area contributed by atoms with Gasteiger partial charge in [0, 0.05) is 38.9 Å². The molecule has 6 heteroatoms. The SMILES string of the molecule is CC(C)(C(=O)CCS(C)(=O)=O)N1CCNCC1. The minimum atomic E-state index is -3.06. The maximum Gasteiger partial charge on any atom is 0.153 e. The van der Waals surface area contributed by atoms with Crippen LogP contribution in [0, 0.1) is 0 Å². The van der Waals surface area contributed by atoms with E-state index in [2.05, 4.69) is 10.2 Å². The lowest BCUT2D eigenvalue weighted by atomic mass is 9.94. The number of carbonyl (C=O) groups is 1. The smallest absolute Gasteiger partial charge is 0.153 e. The lowest BCUT2D eigenvalue weighted by Gasteiger charge is -2.40. The summed E-state index contributed by atoms with van der Waals surface area (Å²) in [4.78, 5) is 14.2. The van der Waals surface area contributed by atoms with E-state index in [1.54, 1.807) is 0 Å². The second kappa shape index (κ2) is 5.46. The fourth-order valence-corrected chi connectivity index (χ4v) is 2.54. The van der Waals surface area contributed by atoms with Gasteiger partial charge in [-0.05, 0) is 13.8 Å². The van der Waals surface area contributed by atoms with E-state index in [1.807, 2.05) is 13.8 Å². The van der Waals surface area contributed by atoms with Gasteiger partial charge in [-0.3, -0.25) is 9.69 Å². The minimum absolute atomic E-state index is 0.00447. The highest BCUT2D eigenvalue weighted by atomic mass is 32.2. The largest absolute Gasteiger partial charge is 0.314 e. The van der Waals surface area contributed by atoms with Crippen molar-refractivity contribution in [2.24, 2.45) is 0 Å². The van der Waals surface area contributed by atoms with E-state index < -0.39 is 15.4 Å². The monoisotopic (exact) mass is 262 g/mol. The zero-order chi connectivity index (χ0) is 13.1. The van der Waals surface area contributed by atoms with Crippen LogP contribution in [-0.2, 0) is 14.6 Å². The van der Waals surface area contributed by atoms with Gasteiger partial charge in [0.1, 0.15) is 9.84 Å². The van der Waals surface area contributed by atoms with Gasteiger partial charge >= 0.3 is 0 Å². The summed E-state index contributed by atoms with van der Waals surface area (Å²) in [6, 6.07) is 0. The van der Waals surface area contributed by atoms with Gasteiger partial charge < -0.3 is 5.32 Å². The van der Waals surface area contributed by atoms with Crippen LogP contribution in [0.15, 0.2) is 0 Å². The molecule has 0 aliphatic carbocycles. The quantitative estimate of drug-likeness (QED) is 0.735. The Hall–Kier alpha value is -0.460. The third-order valence-corrected chi connectivity index (χ3v) is 4.24. The summed E-state index contributed by atoms with van der Waals surface area (Å²) in [6.45, 7) is 7.17. The number of sulfone groups is 1. The van der Waals surface area contributed by atoms with Gasteiger partial charge in [0.25, 0.3) is 0 Å². The zero-order valence-corrected chi connectivity index (χ0v) is 11.6. The Morgan fingerprint density at radius 2 is 1.82 bits per heavy atom. The van der Waals surface area contributed by atoms with Crippen molar-refractivity contribution in [3.05, 3.63) is 0 Å². The van der Waals surface area contributed by atoms with E-state index >= 15 is 0 Å². The second-order valence-corrected chi connectivity index (χ2v) is 7.36. The van der Waals surface area contributed by atoms with Gasteiger partial charge in [0.05, 0.1) is 11.3 Å². The van der Waals surface area contributed by atoms with Gasteiger partial charge in [-0.25, -0.2) is 8.42 Å². The molecule has 0 aromatic heterocycles. The average Bonchev–Trinajstić information content (AvgIpc) is 2.26. The fourth-order valence-electron chi connectivity index (χ4n) is 1.98. The zero-order valence-electron chi connectivity index (χ0n) is 10.8. The summed E-state index contributed by atoms with van der Waals surface area (Å²) >= 11 is 0. The van der Waals surface area contributed by atoms with E-state index in [0.717, 1.165) is 32.4 Å². The molecular formula is C11H22N2O3S. The van der Waals surface area contributed by atoms with E-state index in [0.29, 0.717) is 0 Å². The topological polar surface area (TPSA) is 66.5 Å². The van der Waals surface area contributed by atoms with Crippen molar-refractivity contribution in [1.82, 2.24) is 10.2 Å². The van der Waals surface area contributed by atoms with Gasteiger partial charge in [-0.1, -0.05) is 0 Å². The highest BCUT2D eigenvalue weighted by Crippen LogP contribution is 2.18. The number of carbonyl (C=O) groups excluding carboxylic acids is 1. The number of piperazine rings is 1. The molecule has 0 amide bonds. The van der Waals surface area contributed by atoms with Crippen molar-refractivity contribution < 1.29 is 13.2 Å². The summed E-state index contributed by atoms with van der Waals surface area (Å²) in [5, 5.41) is 3.23. The number of Topliss-reactive ketones (excluding diaryl/α,β-unsaturated/α-hetero) is 1.